The maximum atomic E-state index is 11.3. The van der Waals surface area contributed by atoms with Gasteiger partial charge in [0, 0.05) is 18.7 Å². The van der Waals surface area contributed by atoms with E-state index in [0.29, 0.717) is 18.7 Å². The number of rotatable bonds is 5. The maximum absolute atomic E-state index is 11.3. The molecule has 0 radical (unpaired) electrons. The summed E-state index contributed by atoms with van der Waals surface area (Å²) in [5.41, 5.74) is 0.335. The van der Waals surface area contributed by atoms with Gasteiger partial charge in [-0.2, -0.15) is 0 Å². The molecule has 0 spiro atoms. The molecule has 8 heteroatoms. The minimum Gasteiger partial charge on any atom is -0.478 e. The molecule has 2 N–H and O–H groups in total. The molecule has 0 aromatic heterocycles. The van der Waals surface area contributed by atoms with Crippen LogP contribution in [0.4, 0.5) is 0 Å². The van der Waals surface area contributed by atoms with Crippen molar-refractivity contribution in [1.29, 1.82) is 0 Å². The summed E-state index contributed by atoms with van der Waals surface area (Å²) in [5, 5.41) is 18.4. The van der Waals surface area contributed by atoms with Gasteiger partial charge in [0.05, 0.1) is 11.1 Å². The van der Waals surface area contributed by atoms with Crippen LogP contribution in [0.25, 0.3) is 0 Å². The topological polar surface area (TPSA) is 74.6 Å². The Kier molecular flexibility index (Phi) is 5.96. The highest BCUT2D eigenvalue weighted by molar-refractivity contribution is 9.10. The lowest BCUT2D eigenvalue weighted by atomic mass is 10.2. The molecule has 0 heterocycles. The molecule has 0 unspecified atom stereocenters. The van der Waals surface area contributed by atoms with Crippen molar-refractivity contribution in [1.82, 2.24) is 0 Å². The first-order valence-corrected chi connectivity index (χ1v) is 9.52. The molecule has 2 rings (SSSR count). The maximum Gasteiger partial charge on any atom is 0.336 e. The quantitative estimate of drug-likeness (QED) is 0.577. The summed E-state index contributed by atoms with van der Waals surface area (Å²) in [6, 6.07) is 9.90. The van der Waals surface area contributed by atoms with Crippen LogP contribution in [0.5, 0.6) is 0 Å². The Morgan fingerprint density at radius 1 is 0.773 bits per heavy atom. The molecule has 4 nitrogen and oxygen atoms in total. The van der Waals surface area contributed by atoms with Crippen LogP contribution in [-0.2, 0) is 0 Å². The van der Waals surface area contributed by atoms with Crippen LogP contribution in [0, 0.1) is 0 Å². The predicted octanol–water partition coefficient (Wildman–Crippen LogP) is 5.41. The number of halogens is 2. The fourth-order valence-corrected chi connectivity index (χ4v) is 4.61. The lowest BCUT2D eigenvalue weighted by Gasteiger charge is -2.08. The van der Waals surface area contributed by atoms with E-state index in [4.69, 9.17) is 0 Å². The smallest absolute Gasteiger partial charge is 0.336 e. The summed E-state index contributed by atoms with van der Waals surface area (Å²) < 4.78 is 1.35. The van der Waals surface area contributed by atoms with Crippen molar-refractivity contribution in [3.05, 3.63) is 56.5 Å². The molecule has 22 heavy (non-hydrogen) atoms. The second-order valence-electron chi connectivity index (χ2n) is 4.06. The third kappa shape index (κ3) is 4.28. The zero-order chi connectivity index (χ0) is 16.3. The van der Waals surface area contributed by atoms with Gasteiger partial charge in [-0.3, -0.25) is 0 Å². The zero-order valence-electron chi connectivity index (χ0n) is 10.7. The monoisotopic (exact) mass is 462 g/mol. The minimum absolute atomic E-state index is 0.167. The average molecular weight is 464 g/mol. The van der Waals surface area contributed by atoms with E-state index in [1.54, 1.807) is 24.3 Å². The molecule has 0 fully saturated rings. The third-order valence-electron chi connectivity index (χ3n) is 2.57. The van der Waals surface area contributed by atoms with Crippen molar-refractivity contribution in [3.8, 4) is 0 Å². The Balaban J connectivity index is 2.28. The van der Waals surface area contributed by atoms with Gasteiger partial charge in [0.1, 0.15) is 0 Å². The first-order valence-electron chi connectivity index (χ1n) is 5.78. The highest BCUT2D eigenvalue weighted by Crippen LogP contribution is 2.41. The van der Waals surface area contributed by atoms with Gasteiger partial charge < -0.3 is 10.2 Å². The van der Waals surface area contributed by atoms with E-state index < -0.39 is 11.9 Å². The van der Waals surface area contributed by atoms with Crippen molar-refractivity contribution in [2.45, 2.75) is 9.79 Å². The number of carboxylic acid groups (broad SMARTS) is 2. The minimum atomic E-state index is -1.03. The van der Waals surface area contributed by atoms with Crippen molar-refractivity contribution in [3.63, 3.8) is 0 Å². The lowest BCUT2D eigenvalue weighted by Crippen LogP contribution is -1.99. The molecule has 0 amide bonds. The van der Waals surface area contributed by atoms with Crippen LogP contribution in [0.15, 0.2) is 55.1 Å². The molecule has 0 aliphatic heterocycles. The predicted molar refractivity (Wildman–Crippen MR) is 93.9 cm³/mol. The van der Waals surface area contributed by atoms with Gasteiger partial charge >= 0.3 is 11.9 Å². The zero-order valence-corrected chi connectivity index (χ0v) is 15.6. The van der Waals surface area contributed by atoms with Gasteiger partial charge in [0.2, 0.25) is 0 Å². The van der Waals surface area contributed by atoms with Gasteiger partial charge in [-0.1, -0.05) is 53.4 Å². The van der Waals surface area contributed by atoms with Crippen molar-refractivity contribution in [2.24, 2.45) is 0 Å². The van der Waals surface area contributed by atoms with Crippen LogP contribution in [0.3, 0.4) is 0 Å². The molecule has 0 saturated heterocycles. The molecular formula is C14H8Br2O4S2. The molecular weight excluding hydrogens is 456 g/mol. The molecule has 0 aliphatic carbocycles. The largest absolute Gasteiger partial charge is 0.478 e. The Labute approximate surface area is 151 Å². The first-order chi connectivity index (χ1) is 10.4. The molecule has 2 aromatic carbocycles. The van der Waals surface area contributed by atoms with Crippen LogP contribution in [0.2, 0.25) is 0 Å². The number of hydrogen-bond donors (Lipinski definition) is 2. The van der Waals surface area contributed by atoms with Gasteiger partial charge in [0.25, 0.3) is 0 Å². The standard InChI is InChI=1S/C14H8Br2O4S2/c15-7-1-3-11(9(5-7)13(17)18)21-22-12-4-2-8(16)6-10(12)14(19)20/h1-6H,(H,17,18)(H,19,20). The fourth-order valence-electron chi connectivity index (χ4n) is 1.57. The Morgan fingerprint density at radius 2 is 1.14 bits per heavy atom. The van der Waals surface area contributed by atoms with E-state index in [1.807, 2.05) is 0 Å². The van der Waals surface area contributed by atoms with Crippen molar-refractivity contribution in [2.75, 3.05) is 0 Å². The van der Waals surface area contributed by atoms with Crippen molar-refractivity contribution >= 4 is 65.4 Å². The van der Waals surface area contributed by atoms with Crippen LogP contribution in [0.1, 0.15) is 20.7 Å². The highest BCUT2D eigenvalue weighted by Gasteiger charge is 2.15. The molecule has 2 aromatic rings. The summed E-state index contributed by atoms with van der Waals surface area (Å²) >= 11 is 6.47. The number of hydrogen-bond acceptors (Lipinski definition) is 4. The summed E-state index contributed by atoms with van der Waals surface area (Å²) in [6.07, 6.45) is 0. The summed E-state index contributed by atoms with van der Waals surface area (Å²) in [5.74, 6) is -2.06. The van der Waals surface area contributed by atoms with Crippen molar-refractivity contribution < 1.29 is 19.8 Å². The van der Waals surface area contributed by atoms with Gasteiger partial charge in [-0.05, 0) is 36.4 Å². The first kappa shape index (κ1) is 17.4. The summed E-state index contributed by atoms with van der Waals surface area (Å²) in [4.78, 5) is 23.6. The number of carbonyl (C=O) groups is 2. The molecule has 114 valence electrons. The van der Waals surface area contributed by atoms with Crippen LogP contribution in [-0.4, -0.2) is 22.2 Å². The van der Waals surface area contributed by atoms with Crippen LogP contribution >= 0.6 is 53.4 Å². The normalized spacial score (nSPS) is 10.5. The van der Waals surface area contributed by atoms with Gasteiger partial charge in [0.15, 0.2) is 0 Å². The molecule has 0 atom stereocenters. The fraction of sp³-hybridized carbons (Fsp3) is 0. The molecule has 0 bridgehead atoms. The number of aromatic carboxylic acids is 2. The lowest BCUT2D eigenvalue weighted by molar-refractivity contribution is 0.0682. The van der Waals surface area contributed by atoms with E-state index >= 15 is 0 Å². The van der Waals surface area contributed by atoms with E-state index in [-0.39, 0.29) is 11.1 Å². The summed E-state index contributed by atoms with van der Waals surface area (Å²) in [6.45, 7) is 0. The number of benzene rings is 2. The Morgan fingerprint density at radius 3 is 1.45 bits per heavy atom. The second kappa shape index (κ2) is 7.54. The Bertz CT molecular complexity index is 686. The molecule has 0 saturated carbocycles. The molecule has 0 aliphatic rings. The third-order valence-corrected chi connectivity index (χ3v) is 6.03. The van der Waals surface area contributed by atoms with Crippen LogP contribution < -0.4 is 0 Å². The van der Waals surface area contributed by atoms with E-state index in [9.17, 15) is 19.8 Å². The second-order valence-corrected chi connectivity index (χ2v) is 8.10. The van der Waals surface area contributed by atoms with E-state index in [1.165, 1.54) is 33.7 Å². The van der Waals surface area contributed by atoms with Gasteiger partial charge in [-0.25, -0.2) is 9.59 Å². The van der Waals surface area contributed by atoms with E-state index in [0.717, 1.165) is 0 Å². The average Bonchev–Trinajstić information content (AvgIpc) is 2.46. The van der Waals surface area contributed by atoms with Gasteiger partial charge in [-0.15, -0.1) is 0 Å². The SMILES string of the molecule is O=C(O)c1cc(Br)ccc1SSc1ccc(Br)cc1C(=O)O. The van der Waals surface area contributed by atoms with E-state index in [2.05, 4.69) is 31.9 Å². The highest BCUT2D eigenvalue weighted by atomic mass is 79.9. The number of carboxylic acids is 2. The summed E-state index contributed by atoms with van der Waals surface area (Å²) in [7, 11) is 2.42. The Hall–Kier alpha value is -0.960.